The van der Waals surface area contributed by atoms with Crippen LogP contribution >= 0.6 is 0 Å². The Labute approximate surface area is 150 Å². The highest BCUT2D eigenvalue weighted by Gasteiger charge is 2.23. The Morgan fingerprint density at radius 1 is 1.27 bits per heavy atom. The number of hydrogen-bond donors (Lipinski definition) is 0. The van der Waals surface area contributed by atoms with Crippen LogP contribution in [0.15, 0.2) is 24.5 Å². The molecule has 3 heterocycles. The quantitative estimate of drug-likeness (QED) is 0.483. The van der Waals surface area contributed by atoms with Gasteiger partial charge in [-0.3, -0.25) is 9.48 Å². The Kier molecular flexibility index (Phi) is 4.70. The number of fused-ring (bicyclic) bond motifs is 1. The minimum Gasteiger partial charge on any atom is -0.462 e. The summed E-state index contributed by atoms with van der Waals surface area (Å²) in [5.74, 6) is -0.184. The van der Waals surface area contributed by atoms with Crippen molar-refractivity contribution in [2.45, 2.75) is 13.3 Å². The zero-order valence-electron chi connectivity index (χ0n) is 15.1. The molecule has 0 fully saturated rings. The van der Waals surface area contributed by atoms with Gasteiger partial charge in [-0.2, -0.15) is 10.1 Å². The highest BCUT2D eigenvalue weighted by atomic mass is 16.5. The first-order valence-corrected chi connectivity index (χ1v) is 8.15. The van der Waals surface area contributed by atoms with E-state index >= 15 is 0 Å². The van der Waals surface area contributed by atoms with Gasteiger partial charge < -0.3 is 9.64 Å². The summed E-state index contributed by atoms with van der Waals surface area (Å²) in [5, 5.41) is 8.38. The molecule has 3 rings (SSSR count). The molecule has 0 saturated heterocycles. The van der Waals surface area contributed by atoms with Gasteiger partial charge in [-0.25, -0.2) is 9.31 Å². The zero-order valence-corrected chi connectivity index (χ0v) is 15.1. The van der Waals surface area contributed by atoms with Crippen LogP contribution in [0.1, 0.15) is 33.3 Å². The van der Waals surface area contributed by atoms with E-state index < -0.39 is 5.97 Å². The van der Waals surface area contributed by atoms with Crippen LogP contribution in [0.5, 0.6) is 0 Å². The average molecular weight is 356 g/mol. The van der Waals surface area contributed by atoms with E-state index in [9.17, 15) is 9.59 Å². The van der Waals surface area contributed by atoms with E-state index in [2.05, 4.69) is 15.2 Å². The van der Waals surface area contributed by atoms with Crippen LogP contribution in [0.2, 0.25) is 0 Å². The summed E-state index contributed by atoms with van der Waals surface area (Å²) in [7, 11) is 5.34. The number of esters is 1. The van der Waals surface area contributed by atoms with E-state index in [-0.39, 0.29) is 30.1 Å². The summed E-state index contributed by atoms with van der Waals surface area (Å²) in [4.78, 5) is 31.0. The van der Waals surface area contributed by atoms with Gasteiger partial charge in [0.25, 0.3) is 0 Å². The normalized spacial score (nSPS) is 10.9. The van der Waals surface area contributed by atoms with Gasteiger partial charge in [0, 0.05) is 33.8 Å². The highest BCUT2D eigenvalue weighted by Crippen LogP contribution is 2.15. The summed E-state index contributed by atoms with van der Waals surface area (Å²) in [6.07, 6.45) is 3.22. The Hall–Kier alpha value is -3.23. The Morgan fingerprint density at radius 3 is 2.73 bits per heavy atom. The highest BCUT2D eigenvalue weighted by molar-refractivity contribution is 6.05. The summed E-state index contributed by atoms with van der Waals surface area (Å²) in [5.41, 5.74) is 1.86. The molecule has 3 aromatic heterocycles. The van der Waals surface area contributed by atoms with E-state index in [0.29, 0.717) is 11.6 Å². The summed E-state index contributed by atoms with van der Waals surface area (Å²) in [6.45, 7) is 1.95. The molecular weight excluding hydrogens is 336 g/mol. The predicted octanol–water partition coefficient (Wildman–Crippen LogP) is 1.13. The molecule has 0 unspecified atom stereocenters. The SMILES string of the molecule is CCOC(=O)c1cnn(C)c1C(=O)Cc1ccc2nc(N(C)C)nn2c1. The maximum atomic E-state index is 12.8. The Morgan fingerprint density at radius 2 is 2.04 bits per heavy atom. The topological polar surface area (TPSA) is 94.6 Å². The number of carbonyl (C=O) groups excluding carboxylic acids is 2. The average Bonchev–Trinajstić information content (AvgIpc) is 3.18. The predicted molar refractivity (Wildman–Crippen MR) is 94.5 cm³/mol. The molecule has 26 heavy (non-hydrogen) atoms. The monoisotopic (exact) mass is 356 g/mol. The number of Topliss-reactive ketones (excluding diaryl/α,β-unsaturated/α-hetero) is 1. The van der Waals surface area contributed by atoms with Gasteiger partial charge in [0.15, 0.2) is 11.4 Å². The molecule has 0 N–H and O–H groups in total. The number of aromatic nitrogens is 5. The second-order valence-corrected chi connectivity index (χ2v) is 6.00. The third-order valence-corrected chi connectivity index (χ3v) is 3.84. The first-order chi connectivity index (χ1) is 12.4. The lowest BCUT2D eigenvalue weighted by molar-refractivity contribution is 0.0522. The smallest absolute Gasteiger partial charge is 0.342 e. The van der Waals surface area contributed by atoms with E-state index in [1.54, 1.807) is 35.6 Å². The number of anilines is 1. The first-order valence-electron chi connectivity index (χ1n) is 8.15. The first kappa shape index (κ1) is 17.6. The number of ketones is 1. The van der Waals surface area contributed by atoms with Crippen molar-refractivity contribution in [3.8, 4) is 0 Å². The van der Waals surface area contributed by atoms with Gasteiger partial charge in [-0.15, -0.1) is 5.10 Å². The van der Waals surface area contributed by atoms with Crippen molar-refractivity contribution in [3.05, 3.63) is 41.3 Å². The molecule has 0 radical (unpaired) electrons. The molecule has 0 saturated carbocycles. The maximum Gasteiger partial charge on any atom is 0.342 e. The van der Waals surface area contributed by atoms with Crippen LogP contribution in [0.25, 0.3) is 5.65 Å². The van der Waals surface area contributed by atoms with Crippen LogP contribution in [0, 0.1) is 0 Å². The van der Waals surface area contributed by atoms with Crippen LogP contribution in [-0.4, -0.2) is 56.8 Å². The lowest BCUT2D eigenvalue weighted by Gasteiger charge is -2.06. The van der Waals surface area contributed by atoms with Gasteiger partial charge >= 0.3 is 5.97 Å². The van der Waals surface area contributed by atoms with Gasteiger partial charge in [0.05, 0.1) is 12.8 Å². The molecule has 9 heteroatoms. The number of aryl methyl sites for hydroxylation is 1. The zero-order chi connectivity index (χ0) is 18.8. The second-order valence-electron chi connectivity index (χ2n) is 6.00. The third-order valence-electron chi connectivity index (χ3n) is 3.84. The molecular formula is C17H20N6O3. The Bertz CT molecular complexity index is 972. The molecule has 0 spiro atoms. The minimum absolute atomic E-state index is 0.110. The largest absolute Gasteiger partial charge is 0.462 e. The van der Waals surface area contributed by atoms with Crippen molar-refractivity contribution in [3.63, 3.8) is 0 Å². The van der Waals surface area contributed by atoms with Gasteiger partial charge in [0.2, 0.25) is 5.95 Å². The van der Waals surface area contributed by atoms with Gasteiger partial charge in [-0.05, 0) is 18.6 Å². The number of hydrogen-bond acceptors (Lipinski definition) is 7. The molecule has 0 atom stereocenters. The van der Waals surface area contributed by atoms with Crippen molar-refractivity contribution in [2.24, 2.45) is 7.05 Å². The minimum atomic E-state index is -0.550. The van der Waals surface area contributed by atoms with E-state index in [4.69, 9.17) is 4.74 Å². The Balaban J connectivity index is 1.87. The number of rotatable bonds is 6. The van der Waals surface area contributed by atoms with Crippen LogP contribution in [-0.2, 0) is 18.2 Å². The summed E-state index contributed by atoms with van der Waals surface area (Å²) in [6, 6.07) is 3.62. The molecule has 0 aliphatic carbocycles. The number of nitrogens with zero attached hydrogens (tertiary/aromatic N) is 6. The molecule has 0 aliphatic heterocycles. The molecule has 0 aromatic carbocycles. The number of ether oxygens (including phenoxy) is 1. The number of carbonyl (C=O) groups is 2. The van der Waals surface area contributed by atoms with Gasteiger partial charge in [-0.1, -0.05) is 6.07 Å². The van der Waals surface area contributed by atoms with Gasteiger partial charge in [0.1, 0.15) is 11.3 Å². The summed E-state index contributed by atoms with van der Waals surface area (Å²) >= 11 is 0. The van der Waals surface area contributed by atoms with E-state index in [0.717, 1.165) is 5.56 Å². The molecule has 0 bridgehead atoms. The summed E-state index contributed by atoms with van der Waals surface area (Å²) < 4.78 is 8.02. The standard InChI is InChI=1S/C17H20N6O3/c1-5-26-16(25)12-9-18-22(4)15(12)13(24)8-11-6-7-14-19-17(21(2)3)20-23(14)10-11/h6-7,9-10H,5,8H2,1-4H3. The molecule has 9 nitrogen and oxygen atoms in total. The third kappa shape index (κ3) is 3.28. The molecule has 0 amide bonds. The lowest BCUT2D eigenvalue weighted by atomic mass is 10.1. The molecule has 0 aliphatic rings. The van der Waals surface area contributed by atoms with Crippen molar-refractivity contribution in [1.82, 2.24) is 24.4 Å². The van der Waals surface area contributed by atoms with Crippen molar-refractivity contribution in [1.29, 1.82) is 0 Å². The van der Waals surface area contributed by atoms with E-state index in [1.165, 1.54) is 10.9 Å². The molecule has 136 valence electrons. The van der Waals surface area contributed by atoms with Crippen molar-refractivity contribution >= 4 is 23.3 Å². The van der Waals surface area contributed by atoms with Crippen molar-refractivity contribution in [2.75, 3.05) is 25.6 Å². The van der Waals surface area contributed by atoms with E-state index in [1.807, 2.05) is 20.2 Å². The fraction of sp³-hybridized carbons (Fsp3) is 0.353. The lowest BCUT2D eigenvalue weighted by Crippen LogP contribution is -2.16. The fourth-order valence-electron chi connectivity index (χ4n) is 2.60. The number of pyridine rings is 1. The second kappa shape index (κ2) is 6.95. The fourth-order valence-corrected chi connectivity index (χ4v) is 2.60. The maximum absolute atomic E-state index is 12.8. The van der Waals surface area contributed by atoms with Crippen LogP contribution in [0.4, 0.5) is 5.95 Å². The van der Waals surface area contributed by atoms with Crippen LogP contribution in [0.3, 0.4) is 0 Å². The van der Waals surface area contributed by atoms with Crippen LogP contribution < -0.4 is 4.90 Å². The van der Waals surface area contributed by atoms with Crippen molar-refractivity contribution < 1.29 is 14.3 Å². The molecule has 3 aromatic rings.